The van der Waals surface area contributed by atoms with Crippen LogP contribution in [0.1, 0.15) is 22.8 Å². The Balaban J connectivity index is 2.28. The Morgan fingerprint density at radius 3 is 2.57 bits per heavy atom. The number of rotatable bonds is 3. The Morgan fingerprint density at radius 1 is 1.17 bits per heavy atom. The number of esters is 1. The van der Waals surface area contributed by atoms with Crippen LogP contribution in [0, 0.1) is 0 Å². The van der Waals surface area contributed by atoms with E-state index in [4.69, 9.17) is 9.15 Å². The molecular weight excluding hydrogens is 292 g/mol. The van der Waals surface area contributed by atoms with Crippen molar-refractivity contribution in [3.63, 3.8) is 0 Å². The Morgan fingerprint density at radius 2 is 1.91 bits per heavy atom. The largest absolute Gasteiger partial charge is 0.508 e. The molecule has 1 aromatic heterocycles. The molecule has 0 spiro atoms. The zero-order valence-electron chi connectivity index (χ0n) is 12.9. The molecule has 0 radical (unpaired) electrons. The molecule has 0 bridgehead atoms. The number of carbonyl (C=O) groups excluding carboxylic acids is 1. The molecule has 0 saturated heterocycles. The van der Waals surface area contributed by atoms with Crippen molar-refractivity contribution in [2.24, 2.45) is 0 Å². The maximum atomic E-state index is 12.3. The number of methoxy groups -OCH3 is 1. The van der Waals surface area contributed by atoms with E-state index in [1.165, 1.54) is 7.11 Å². The topological polar surface area (TPSA) is 59.7 Å². The summed E-state index contributed by atoms with van der Waals surface area (Å²) in [6.45, 7) is 1.93. The van der Waals surface area contributed by atoms with Crippen LogP contribution in [0.2, 0.25) is 0 Å². The summed E-state index contributed by atoms with van der Waals surface area (Å²) in [6, 6.07) is 12.2. The predicted molar refractivity (Wildman–Crippen MR) is 89.4 cm³/mol. The lowest BCUT2D eigenvalue weighted by molar-refractivity contribution is 0.0603. The Bertz CT molecular complexity index is 886. The summed E-state index contributed by atoms with van der Waals surface area (Å²) < 4.78 is 10.8. The summed E-state index contributed by atoms with van der Waals surface area (Å²) in [5.41, 5.74) is 2.68. The molecule has 3 aromatic rings. The minimum Gasteiger partial charge on any atom is -0.508 e. The highest BCUT2D eigenvalue weighted by Gasteiger charge is 2.22. The van der Waals surface area contributed by atoms with E-state index < -0.39 is 5.97 Å². The molecule has 4 nitrogen and oxygen atoms in total. The Kier molecular flexibility index (Phi) is 3.89. The van der Waals surface area contributed by atoms with Gasteiger partial charge in [-0.2, -0.15) is 0 Å². The van der Waals surface area contributed by atoms with Crippen LogP contribution in [-0.4, -0.2) is 18.2 Å². The molecule has 116 valence electrons. The van der Waals surface area contributed by atoms with Gasteiger partial charge in [-0.3, -0.25) is 0 Å². The number of ether oxygens (including phenoxy) is 1. The standard InChI is InChI=1S/C19H16O4/c1-3-4-12-5-10-16-15(11-12)17(19(21)22-2)18(23-16)13-6-8-14(20)9-7-13/h3-11,20H,1-2H3/b4-3+. The lowest BCUT2D eigenvalue weighted by Gasteiger charge is -2.02. The number of furan rings is 1. The number of aromatic hydroxyl groups is 1. The van der Waals surface area contributed by atoms with Crippen molar-refractivity contribution in [2.45, 2.75) is 6.92 Å². The third-order valence-corrected chi connectivity index (χ3v) is 3.59. The quantitative estimate of drug-likeness (QED) is 0.717. The van der Waals surface area contributed by atoms with Crippen LogP contribution in [-0.2, 0) is 4.74 Å². The molecule has 1 N–H and O–H groups in total. The summed E-state index contributed by atoms with van der Waals surface area (Å²) in [7, 11) is 1.34. The van der Waals surface area contributed by atoms with Gasteiger partial charge in [-0.15, -0.1) is 0 Å². The van der Waals surface area contributed by atoms with Crippen molar-refractivity contribution < 1.29 is 19.1 Å². The van der Waals surface area contributed by atoms with Crippen molar-refractivity contribution in [3.8, 4) is 17.1 Å². The first-order valence-corrected chi connectivity index (χ1v) is 7.21. The van der Waals surface area contributed by atoms with Gasteiger partial charge >= 0.3 is 5.97 Å². The molecule has 4 heteroatoms. The minimum absolute atomic E-state index is 0.153. The Hall–Kier alpha value is -3.01. The molecule has 0 aliphatic heterocycles. The van der Waals surface area contributed by atoms with Crippen molar-refractivity contribution >= 4 is 23.0 Å². The van der Waals surface area contributed by atoms with Crippen LogP contribution in [0.5, 0.6) is 5.75 Å². The number of carbonyl (C=O) groups is 1. The number of benzene rings is 2. The third kappa shape index (κ3) is 2.71. The molecular formula is C19H16O4. The fraction of sp³-hybridized carbons (Fsp3) is 0.105. The SMILES string of the molecule is C/C=C/c1ccc2oc(-c3ccc(O)cc3)c(C(=O)OC)c2c1. The molecule has 2 aromatic carbocycles. The summed E-state index contributed by atoms with van der Waals surface area (Å²) in [4.78, 5) is 12.3. The zero-order valence-corrected chi connectivity index (χ0v) is 12.9. The molecule has 3 rings (SSSR count). The van der Waals surface area contributed by atoms with Crippen molar-refractivity contribution in [1.82, 2.24) is 0 Å². The fourth-order valence-corrected chi connectivity index (χ4v) is 2.53. The minimum atomic E-state index is -0.454. The number of hydrogen-bond acceptors (Lipinski definition) is 4. The highest BCUT2D eigenvalue weighted by Crippen LogP contribution is 2.35. The third-order valence-electron chi connectivity index (χ3n) is 3.59. The number of phenols is 1. The molecule has 0 aliphatic rings. The van der Waals surface area contributed by atoms with E-state index in [9.17, 15) is 9.90 Å². The van der Waals surface area contributed by atoms with Crippen LogP contribution in [0.25, 0.3) is 28.4 Å². The van der Waals surface area contributed by atoms with Gasteiger partial charge in [0.15, 0.2) is 0 Å². The van der Waals surface area contributed by atoms with Gasteiger partial charge < -0.3 is 14.3 Å². The van der Waals surface area contributed by atoms with Gasteiger partial charge in [-0.1, -0.05) is 18.2 Å². The lowest BCUT2D eigenvalue weighted by Crippen LogP contribution is -2.01. The normalized spacial score (nSPS) is 11.2. The summed E-state index contributed by atoms with van der Waals surface area (Å²) in [5, 5.41) is 10.1. The first-order chi connectivity index (χ1) is 11.1. The number of allylic oxidation sites excluding steroid dienone is 1. The van der Waals surface area contributed by atoms with Gasteiger partial charge in [-0.25, -0.2) is 4.79 Å². The van der Waals surface area contributed by atoms with Crippen LogP contribution in [0.15, 0.2) is 53.0 Å². The predicted octanol–water partition coefficient (Wildman–Crippen LogP) is 4.63. The highest BCUT2D eigenvalue weighted by atomic mass is 16.5. The Labute approximate surface area is 133 Å². The van der Waals surface area contributed by atoms with Crippen LogP contribution in [0.4, 0.5) is 0 Å². The van der Waals surface area contributed by atoms with E-state index in [2.05, 4.69) is 0 Å². The van der Waals surface area contributed by atoms with Gasteiger partial charge in [0.2, 0.25) is 0 Å². The van der Waals surface area contributed by atoms with Gasteiger partial charge in [0.1, 0.15) is 22.7 Å². The number of hydrogen-bond donors (Lipinski definition) is 1. The number of fused-ring (bicyclic) bond motifs is 1. The molecule has 0 amide bonds. The van der Waals surface area contributed by atoms with E-state index in [1.807, 2.05) is 37.3 Å². The lowest BCUT2D eigenvalue weighted by atomic mass is 10.0. The summed E-state index contributed by atoms with van der Waals surface area (Å²) >= 11 is 0. The van der Waals surface area contributed by atoms with E-state index in [0.717, 1.165) is 5.56 Å². The maximum absolute atomic E-state index is 12.3. The molecule has 23 heavy (non-hydrogen) atoms. The van der Waals surface area contributed by atoms with Crippen molar-refractivity contribution in [2.75, 3.05) is 7.11 Å². The van der Waals surface area contributed by atoms with E-state index in [1.54, 1.807) is 24.3 Å². The molecule has 0 unspecified atom stereocenters. The van der Waals surface area contributed by atoms with Crippen LogP contribution < -0.4 is 0 Å². The second-order valence-corrected chi connectivity index (χ2v) is 5.10. The monoisotopic (exact) mass is 308 g/mol. The smallest absolute Gasteiger partial charge is 0.342 e. The highest BCUT2D eigenvalue weighted by molar-refractivity contribution is 6.09. The average Bonchev–Trinajstić information content (AvgIpc) is 2.94. The zero-order chi connectivity index (χ0) is 16.4. The van der Waals surface area contributed by atoms with Crippen molar-refractivity contribution in [1.29, 1.82) is 0 Å². The molecule has 0 fully saturated rings. The van der Waals surface area contributed by atoms with Gasteiger partial charge in [-0.05, 0) is 48.9 Å². The first-order valence-electron chi connectivity index (χ1n) is 7.21. The maximum Gasteiger partial charge on any atom is 0.342 e. The second kappa shape index (κ2) is 6.01. The van der Waals surface area contributed by atoms with Gasteiger partial charge in [0.05, 0.1) is 7.11 Å². The summed E-state index contributed by atoms with van der Waals surface area (Å²) in [6.07, 6.45) is 3.88. The van der Waals surface area contributed by atoms with Gasteiger partial charge in [0, 0.05) is 10.9 Å². The van der Waals surface area contributed by atoms with Crippen molar-refractivity contribution in [3.05, 3.63) is 59.7 Å². The first kappa shape index (κ1) is 14.9. The molecule has 1 heterocycles. The molecule has 0 aliphatic carbocycles. The second-order valence-electron chi connectivity index (χ2n) is 5.10. The van der Waals surface area contributed by atoms with Crippen LogP contribution in [0.3, 0.4) is 0 Å². The molecule has 0 atom stereocenters. The van der Waals surface area contributed by atoms with E-state index in [0.29, 0.717) is 27.9 Å². The van der Waals surface area contributed by atoms with E-state index in [-0.39, 0.29) is 5.75 Å². The summed E-state index contributed by atoms with van der Waals surface area (Å²) in [5.74, 6) is 0.133. The van der Waals surface area contributed by atoms with Gasteiger partial charge in [0.25, 0.3) is 0 Å². The molecule has 0 saturated carbocycles. The average molecular weight is 308 g/mol. The number of phenolic OH excluding ortho intramolecular Hbond substituents is 1. The fourth-order valence-electron chi connectivity index (χ4n) is 2.53. The van der Waals surface area contributed by atoms with E-state index >= 15 is 0 Å². The van der Waals surface area contributed by atoms with Crippen LogP contribution >= 0.6 is 0 Å².